The van der Waals surface area contributed by atoms with Crippen LogP contribution in [-0.2, 0) is 26.6 Å². The Morgan fingerprint density at radius 2 is 1.83 bits per heavy atom. The highest BCUT2D eigenvalue weighted by Crippen LogP contribution is 2.27. The molecule has 0 fully saturated rings. The molecule has 2 aromatic carbocycles. The van der Waals surface area contributed by atoms with Gasteiger partial charge in [0.05, 0.1) is 27.7 Å². The molecule has 0 saturated carbocycles. The number of amides is 2. The zero-order valence-corrected chi connectivity index (χ0v) is 20.3. The number of carbonyl (C=O) groups excluding carboxylic acids is 3. The number of halogens is 1. The van der Waals surface area contributed by atoms with E-state index in [0.717, 1.165) is 10.4 Å². The van der Waals surface area contributed by atoms with Crippen LogP contribution in [0.3, 0.4) is 0 Å². The SMILES string of the molecule is C=CCN(c1ccccc1)S(=O)(=O)c1ccc(Cl)c(C(=O)OCC(=O)NC(=O)c2cccn2C)c1. The molecule has 0 saturated heterocycles. The number of anilines is 1. The minimum Gasteiger partial charge on any atom is -0.452 e. The van der Waals surface area contributed by atoms with Crippen LogP contribution < -0.4 is 9.62 Å². The lowest BCUT2D eigenvalue weighted by Gasteiger charge is -2.23. The van der Waals surface area contributed by atoms with E-state index in [9.17, 15) is 22.8 Å². The maximum absolute atomic E-state index is 13.3. The molecule has 1 aromatic heterocycles. The molecule has 11 heteroatoms. The van der Waals surface area contributed by atoms with Crippen molar-refractivity contribution in [2.75, 3.05) is 17.5 Å². The topological polar surface area (TPSA) is 115 Å². The lowest BCUT2D eigenvalue weighted by Crippen LogP contribution is -2.35. The summed E-state index contributed by atoms with van der Waals surface area (Å²) in [6, 6.07) is 15.1. The molecule has 0 unspecified atom stereocenters. The minimum absolute atomic E-state index is 0.00983. The van der Waals surface area contributed by atoms with E-state index in [0.29, 0.717) is 5.69 Å². The molecule has 3 aromatic rings. The Bertz CT molecular complexity index is 1370. The quantitative estimate of drug-likeness (QED) is 0.346. The van der Waals surface area contributed by atoms with Gasteiger partial charge >= 0.3 is 5.97 Å². The van der Waals surface area contributed by atoms with Gasteiger partial charge in [-0.25, -0.2) is 13.2 Å². The molecule has 0 bridgehead atoms. The molecule has 35 heavy (non-hydrogen) atoms. The number of hydrogen-bond acceptors (Lipinski definition) is 6. The Kier molecular flexibility index (Phi) is 8.10. The predicted molar refractivity (Wildman–Crippen MR) is 131 cm³/mol. The number of ether oxygens (including phenoxy) is 1. The fourth-order valence-electron chi connectivity index (χ4n) is 3.13. The van der Waals surface area contributed by atoms with Crippen molar-refractivity contribution in [3.63, 3.8) is 0 Å². The monoisotopic (exact) mass is 515 g/mol. The number of rotatable bonds is 9. The highest BCUT2D eigenvalue weighted by Gasteiger charge is 2.26. The molecule has 0 aliphatic heterocycles. The third-order valence-electron chi connectivity index (χ3n) is 4.85. The summed E-state index contributed by atoms with van der Waals surface area (Å²) < 4.78 is 34.2. The number of esters is 1. The Labute approximate surface area is 207 Å². The predicted octanol–water partition coefficient (Wildman–Crippen LogP) is 3.17. The van der Waals surface area contributed by atoms with Gasteiger partial charge in [0.25, 0.3) is 21.8 Å². The number of imide groups is 1. The van der Waals surface area contributed by atoms with E-state index in [1.807, 2.05) is 0 Å². The van der Waals surface area contributed by atoms with E-state index < -0.39 is 34.4 Å². The second-order valence-corrected chi connectivity index (χ2v) is 9.53. The fraction of sp³-hybridized carbons (Fsp3) is 0.125. The Hall–Kier alpha value is -3.89. The smallest absolute Gasteiger partial charge is 0.340 e. The largest absolute Gasteiger partial charge is 0.452 e. The molecule has 182 valence electrons. The van der Waals surface area contributed by atoms with Crippen molar-refractivity contribution < 1.29 is 27.5 Å². The van der Waals surface area contributed by atoms with E-state index in [2.05, 4.69) is 11.9 Å². The number of sulfonamides is 1. The number of aryl methyl sites for hydroxylation is 1. The highest BCUT2D eigenvalue weighted by atomic mass is 35.5. The molecule has 0 spiro atoms. The Balaban J connectivity index is 1.76. The van der Waals surface area contributed by atoms with Crippen molar-refractivity contribution in [2.45, 2.75) is 4.90 Å². The molecule has 0 radical (unpaired) electrons. The molecule has 1 N–H and O–H groups in total. The zero-order valence-electron chi connectivity index (χ0n) is 18.7. The first-order valence-electron chi connectivity index (χ1n) is 10.3. The summed E-state index contributed by atoms with van der Waals surface area (Å²) >= 11 is 6.10. The number of carbonyl (C=O) groups is 3. The number of para-hydroxylation sites is 1. The van der Waals surface area contributed by atoms with Gasteiger partial charge in [-0.1, -0.05) is 35.9 Å². The summed E-state index contributed by atoms with van der Waals surface area (Å²) in [5.41, 5.74) is 0.403. The van der Waals surface area contributed by atoms with Gasteiger partial charge in [0, 0.05) is 13.2 Å². The van der Waals surface area contributed by atoms with E-state index >= 15 is 0 Å². The first-order chi connectivity index (χ1) is 16.6. The van der Waals surface area contributed by atoms with Gasteiger partial charge in [-0.2, -0.15) is 0 Å². The van der Waals surface area contributed by atoms with Crippen LogP contribution in [0.5, 0.6) is 0 Å². The lowest BCUT2D eigenvalue weighted by molar-refractivity contribution is -0.123. The van der Waals surface area contributed by atoms with E-state index in [-0.39, 0.29) is 27.7 Å². The van der Waals surface area contributed by atoms with E-state index in [1.54, 1.807) is 49.6 Å². The van der Waals surface area contributed by atoms with Gasteiger partial charge in [-0.15, -0.1) is 6.58 Å². The van der Waals surface area contributed by atoms with Crippen LogP contribution in [0.4, 0.5) is 5.69 Å². The summed E-state index contributed by atoms with van der Waals surface area (Å²) in [6.07, 6.45) is 3.07. The van der Waals surface area contributed by atoms with Gasteiger partial charge in [0.15, 0.2) is 6.61 Å². The van der Waals surface area contributed by atoms with Crippen LogP contribution in [0.2, 0.25) is 5.02 Å². The average Bonchev–Trinajstić information content (AvgIpc) is 3.27. The van der Waals surface area contributed by atoms with Crippen molar-refractivity contribution in [1.29, 1.82) is 0 Å². The molecule has 9 nitrogen and oxygen atoms in total. The van der Waals surface area contributed by atoms with Gasteiger partial charge < -0.3 is 9.30 Å². The summed E-state index contributed by atoms with van der Waals surface area (Å²) in [5.74, 6) is -2.54. The Morgan fingerprint density at radius 3 is 2.46 bits per heavy atom. The Morgan fingerprint density at radius 1 is 1.11 bits per heavy atom. The van der Waals surface area contributed by atoms with Crippen molar-refractivity contribution in [1.82, 2.24) is 9.88 Å². The van der Waals surface area contributed by atoms with E-state index in [1.165, 1.54) is 28.8 Å². The number of aromatic nitrogens is 1. The number of nitrogens with one attached hydrogen (secondary N) is 1. The normalized spacial score (nSPS) is 10.9. The highest BCUT2D eigenvalue weighted by molar-refractivity contribution is 7.92. The van der Waals surface area contributed by atoms with Crippen molar-refractivity contribution in [2.24, 2.45) is 7.05 Å². The molecule has 3 rings (SSSR count). The molecule has 0 aliphatic rings. The molecule has 2 amide bonds. The molecular weight excluding hydrogens is 494 g/mol. The minimum atomic E-state index is -4.10. The molecular formula is C24H22ClN3O6S. The fourth-order valence-corrected chi connectivity index (χ4v) is 4.79. The van der Waals surface area contributed by atoms with Gasteiger partial charge in [0.1, 0.15) is 5.69 Å². The maximum atomic E-state index is 13.3. The first-order valence-corrected chi connectivity index (χ1v) is 12.1. The van der Waals surface area contributed by atoms with Gasteiger partial charge in [0.2, 0.25) is 0 Å². The molecule has 0 aliphatic carbocycles. The third-order valence-corrected chi connectivity index (χ3v) is 6.97. The van der Waals surface area contributed by atoms with Crippen LogP contribution in [0.1, 0.15) is 20.8 Å². The van der Waals surface area contributed by atoms with Crippen molar-refractivity contribution in [3.05, 3.63) is 95.8 Å². The van der Waals surface area contributed by atoms with Crippen LogP contribution in [-0.4, -0.2) is 43.9 Å². The number of benzene rings is 2. The van der Waals surface area contributed by atoms with Crippen LogP contribution in [0.25, 0.3) is 0 Å². The standard InChI is InChI=1S/C24H22ClN3O6S/c1-3-13-28(17-8-5-4-6-9-17)35(32,33)18-11-12-20(25)19(15-18)24(31)34-16-22(29)26-23(30)21-10-7-14-27(21)2/h3-12,14-15H,1,13,16H2,2H3,(H,26,29,30). The van der Waals surface area contributed by atoms with Crippen LogP contribution in [0, 0.1) is 0 Å². The lowest BCUT2D eigenvalue weighted by atomic mass is 10.2. The van der Waals surface area contributed by atoms with Crippen LogP contribution >= 0.6 is 11.6 Å². The summed E-state index contributed by atoms with van der Waals surface area (Å²) in [7, 11) is -2.46. The average molecular weight is 516 g/mol. The van der Waals surface area contributed by atoms with Crippen molar-refractivity contribution >= 4 is 45.1 Å². The number of nitrogens with zero attached hydrogens (tertiary/aromatic N) is 2. The van der Waals surface area contributed by atoms with Gasteiger partial charge in [-0.05, 0) is 42.5 Å². The summed E-state index contributed by atoms with van der Waals surface area (Å²) in [4.78, 5) is 36.5. The van der Waals surface area contributed by atoms with Crippen LogP contribution in [0.15, 0.2) is 84.4 Å². The summed E-state index contributed by atoms with van der Waals surface area (Å²) in [6.45, 7) is 2.83. The molecule has 0 atom stereocenters. The van der Waals surface area contributed by atoms with E-state index in [4.69, 9.17) is 16.3 Å². The maximum Gasteiger partial charge on any atom is 0.340 e. The second kappa shape index (κ2) is 11.0. The first kappa shape index (κ1) is 25.7. The molecule has 1 heterocycles. The number of hydrogen-bond donors (Lipinski definition) is 1. The van der Waals surface area contributed by atoms with Gasteiger partial charge in [-0.3, -0.25) is 19.2 Å². The second-order valence-electron chi connectivity index (χ2n) is 7.26. The zero-order chi connectivity index (χ0) is 25.6. The summed E-state index contributed by atoms with van der Waals surface area (Å²) in [5, 5.41) is 2.04. The van der Waals surface area contributed by atoms with Crippen molar-refractivity contribution in [3.8, 4) is 0 Å². The third kappa shape index (κ3) is 5.97.